The Hall–Kier alpha value is -2.61. The first-order valence-corrected chi connectivity index (χ1v) is 8.31. The van der Waals surface area contributed by atoms with Crippen LogP contribution in [0, 0.1) is 5.41 Å². The van der Waals surface area contributed by atoms with Gasteiger partial charge in [0.2, 0.25) is 0 Å². The fourth-order valence-electron chi connectivity index (χ4n) is 3.28. The number of nitrogens with zero attached hydrogens (tertiary/aromatic N) is 1. The maximum Gasteiger partial charge on any atom is 0.0367 e. The van der Waals surface area contributed by atoms with Gasteiger partial charge in [-0.3, -0.25) is 0 Å². The Labute approximate surface area is 144 Å². The fourth-order valence-corrected chi connectivity index (χ4v) is 3.28. The summed E-state index contributed by atoms with van der Waals surface area (Å²) in [4.78, 5) is 2.12. The van der Waals surface area contributed by atoms with E-state index >= 15 is 0 Å². The zero-order valence-corrected chi connectivity index (χ0v) is 14.9. The molecule has 0 saturated carbocycles. The minimum atomic E-state index is 0.954. The fraction of sp³-hybridized carbons (Fsp3) is 0.227. The van der Waals surface area contributed by atoms with Crippen molar-refractivity contribution in [3.05, 3.63) is 70.8 Å². The number of benzene rings is 2. The van der Waals surface area contributed by atoms with Gasteiger partial charge in [0, 0.05) is 26.0 Å². The van der Waals surface area contributed by atoms with Gasteiger partial charge in [-0.05, 0) is 65.8 Å². The van der Waals surface area contributed by atoms with Crippen LogP contribution < -0.4 is 4.90 Å². The summed E-state index contributed by atoms with van der Waals surface area (Å²) >= 11 is 0. The highest BCUT2D eigenvalue weighted by Gasteiger charge is 2.18. The summed E-state index contributed by atoms with van der Waals surface area (Å²) in [5.41, 5.74) is 9.88. The third-order valence-electron chi connectivity index (χ3n) is 4.91. The van der Waals surface area contributed by atoms with E-state index in [0.29, 0.717) is 0 Å². The molecule has 1 aliphatic rings. The largest absolute Gasteiger partial charge is 0.378 e. The van der Waals surface area contributed by atoms with Gasteiger partial charge >= 0.3 is 0 Å². The molecule has 0 radical (unpaired) electrons. The van der Waals surface area contributed by atoms with Crippen molar-refractivity contribution in [3.63, 3.8) is 0 Å². The van der Waals surface area contributed by atoms with Gasteiger partial charge in [-0.2, -0.15) is 0 Å². The van der Waals surface area contributed by atoms with E-state index in [2.05, 4.69) is 63.2 Å². The molecule has 2 aromatic carbocycles. The lowest BCUT2D eigenvalue weighted by Gasteiger charge is -2.19. The third-order valence-corrected chi connectivity index (χ3v) is 4.91. The third kappa shape index (κ3) is 2.80. The van der Waals surface area contributed by atoms with Crippen LogP contribution in [0.1, 0.15) is 31.4 Å². The Morgan fingerprint density at radius 3 is 2.33 bits per heavy atom. The van der Waals surface area contributed by atoms with E-state index in [-0.39, 0.29) is 0 Å². The molecule has 0 fully saturated rings. The molecule has 2 nitrogen and oxygen atoms in total. The lowest BCUT2D eigenvalue weighted by molar-refractivity contribution is 1.13. The molecule has 0 bridgehead atoms. The van der Waals surface area contributed by atoms with Gasteiger partial charge in [0.05, 0.1) is 0 Å². The Morgan fingerprint density at radius 1 is 0.958 bits per heavy atom. The topological polar surface area (TPSA) is 27.1 Å². The molecule has 0 atom stereocenters. The normalized spacial score (nSPS) is 13.9. The molecule has 0 aliphatic heterocycles. The van der Waals surface area contributed by atoms with E-state index in [1.807, 2.05) is 18.2 Å². The molecule has 122 valence electrons. The quantitative estimate of drug-likeness (QED) is 0.737. The van der Waals surface area contributed by atoms with Crippen molar-refractivity contribution >= 4 is 17.5 Å². The average Bonchev–Trinajstić information content (AvgIpc) is 2.93. The SMILES string of the molecule is CC1=CCC(c2ccc(N(C)C)cc2-c2ccccc2C=N)=C1C. The summed E-state index contributed by atoms with van der Waals surface area (Å²) in [5, 5.41) is 7.77. The number of allylic oxidation sites excluding steroid dienone is 4. The molecule has 0 amide bonds. The summed E-state index contributed by atoms with van der Waals surface area (Å²) < 4.78 is 0. The molecule has 2 heteroatoms. The van der Waals surface area contributed by atoms with Gasteiger partial charge in [0.15, 0.2) is 0 Å². The molecule has 1 aliphatic carbocycles. The van der Waals surface area contributed by atoms with E-state index in [1.165, 1.54) is 39.7 Å². The Morgan fingerprint density at radius 2 is 1.71 bits per heavy atom. The summed E-state index contributed by atoms with van der Waals surface area (Å²) in [7, 11) is 4.13. The molecule has 0 aromatic heterocycles. The molecular formula is C22H24N2. The molecule has 3 rings (SSSR count). The second-order valence-electron chi connectivity index (χ2n) is 6.55. The zero-order valence-electron chi connectivity index (χ0n) is 14.9. The second kappa shape index (κ2) is 6.48. The van der Waals surface area contributed by atoms with Crippen molar-refractivity contribution in [1.29, 1.82) is 5.41 Å². The van der Waals surface area contributed by atoms with Crippen LogP contribution in [-0.2, 0) is 0 Å². The van der Waals surface area contributed by atoms with Crippen LogP contribution in [0.4, 0.5) is 5.69 Å². The summed E-state index contributed by atoms with van der Waals surface area (Å²) in [6, 6.07) is 14.8. The van der Waals surface area contributed by atoms with E-state index in [4.69, 9.17) is 5.41 Å². The number of rotatable bonds is 4. The van der Waals surface area contributed by atoms with Crippen molar-refractivity contribution in [2.45, 2.75) is 20.3 Å². The average molecular weight is 316 g/mol. The Balaban J connectivity index is 2.26. The highest BCUT2D eigenvalue weighted by molar-refractivity contribution is 5.94. The van der Waals surface area contributed by atoms with Crippen molar-refractivity contribution < 1.29 is 0 Å². The summed E-state index contributed by atoms with van der Waals surface area (Å²) in [6.45, 7) is 4.39. The standard InChI is InChI=1S/C22H24N2/c1-15-9-11-19(16(15)2)21-12-10-18(24(3)4)13-22(21)20-8-6-5-7-17(20)14-23/h5-10,12-14,23H,11H2,1-4H3. The first kappa shape index (κ1) is 16.3. The molecule has 0 unspecified atom stereocenters. The first-order chi connectivity index (χ1) is 11.5. The predicted octanol–water partition coefficient (Wildman–Crippen LogP) is 5.54. The Bertz CT molecular complexity index is 854. The molecule has 0 spiro atoms. The molecular weight excluding hydrogens is 292 g/mol. The zero-order chi connectivity index (χ0) is 17.3. The van der Waals surface area contributed by atoms with Crippen LogP contribution in [0.5, 0.6) is 0 Å². The van der Waals surface area contributed by atoms with Crippen molar-refractivity contribution in [3.8, 4) is 11.1 Å². The van der Waals surface area contributed by atoms with Crippen LogP contribution >= 0.6 is 0 Å². The van der Waals surface area contributed by atoms with Crippen LogP contribution in [0.3, 0.4) is 0 Å². The molecule has 24 heavy (non-hydrogen) atoms. The number of hydrogen-bond donors (Lipinski definition) is 1. The van der Waals surface area contributed by atoms with Crippen molar-refractivity contribution in [2.24, 2.45) is 0 Å². The monoisotopic (exact) mass is 316 g/mol. The molecule has 1 N–H and O–H groups in total. The van der Waals surface area contributed by atoms with Crippen LogP contribution in [-0.4, -0.2) is 20.3 Å². The molecule has 2 aromatic rings. The second-order valence-corrected chi connectivity index (χ2v) is 6.55. The van der Waals surface area contributed by atoms with Crippen LogP contribution in [0.2, 0.25) is 0 Å². The van der Waals surface area contributed by atoms with Gasteiger partial charge in [0.1, 0.15) is 0 Å². The smallest absolute Gasteiger partial charge is 0.0367 e. The summed E-state index contributed by atoms with van der Waals surface area (Å²) in [5.74, 6) is 0. The highest BCUT2D eigenvalue weighted by Crippen LogP contribution is 2.40. The van der Waals surface area contributed by atoms with Crippen molar-refractivity contribution in [1.82, 2.24) is 0 Å². The van der Waals surface area contributed by atoms with Crippen LogP contribution in [0.15, 0.2) is 59.7 Å². The maximum atomic E-state index is 7.77. The predicted molar refractivity (Wildman–Crippen MR) is 105 cm³/mol. The van der Waals surface area contributed by atoms with Crippen LogP contribution in [0.25, 0.3) is 16.7 Å². The van der Waals surface area contributed by atoms with Crippen molar-refractivity contribution in [2.75, 3.05) is 19.0 Å². The lowest BCUT2D eigenvalue weighted by atomic mass is 9.89. The minimum Gasteiger partial charge on any atom is -0.378 e. The van der Waals surface area contributed by atoms with E-state index < -0.39 is 0 Å². The van der Waals surface area contributed by atoms with E-state index in [1.54, 1.807) is 0 Å². The van der Waals surface area contributed by atoms with E-state index in [9.17, 15) is 0 Å². The maximum absolute atomic E-state index is 7.77. The minimum absolute atomic E-state index is 0.954. The first-order valence-electron chi connectivity index (χ1n) is 8.31. The molecule has 0 saturated heterocycles. The number of hydrogen-bond acceptors (Lipinski definition) is 2. The van der Waals surface area contributed by atoms with Gasteiger partial charge in [0.25, 0.3) is 0 Å². The van der Waals surface area contributed by atoms with Gasteiger partial charge in [-0.25, -0.2) is 0 Å². The van der Waals surface area contributed by atoms with Gasteiger partial charge in [-0.15, -0.1) is 0 Å². The molecule has 0 heterocycles. The number of anilines is 1. The van der Waals surface area contributed by atoms with Gasteiger partial charge in [-0.1, -0.05) is 42.0 Å². The number of nitrogens with one attached hydrogen (secondary N) is 1. The van der Waals surface area contributed by atoms with E-state index in [0.717, 1.165) is 17.5 Å². The van der Waals surface area contributed by atoms with Gasteiger partial charge < -0.3 is 10.3 Å². The highest BCUT2D eigenvalue weighted by atomic mass is 15.1. The lowest BCUT2D eigenvalue weighted by Crippen LogP contribution is -2.09. The Kier molecular flexibility index (Phi) is 4.39. The summed E-state index contributed by atoms with van der Waals surface area (Å²) in [6.07, 6.45) is 4.73.